The molecule has 0 aliphatic carbocycles. The molecule has 8 heteroatoms. The van der Waals surface area contributed by atoms with Gasteiger partial charge in [0.1, 0.15) is 0 Å². The fourth-order valence-corrected chi connectivity index (χ4v) is 4.58. The zero-order valence-corrected chi connectivity index (χ0v) is 20.5. The molecule has 0 aliphatic heterocycles. The van der Waals surface area contributed by atoms with Gasteiger partial charge in [-0.2, -0.15) is 0 Å². The molecule has 0 fully saturated rings. The molecule has 0 aliphatic rings. The lowest BCUT2D eigenvalue weighted by Crippen LogP contribution is -2.32. The third-order valence-corrected chi connectivity index (χ3v) is 6.98. The van der Waals surface area contributed by atoms with E-state index in [0.29, 0.717) is 22.5 Å². The summed E-state index contributed by atoms with van der Waals surface area (Å²) in [5, 5.41) is 5.62. The minimum absolute atomic E-state index is 0.00326. The minimum Gasteiger partial charge on any atom is -0.350 e. The second-order valence-corrected chi connectivity index (χ2v) is 9.89. The first-order valence-electron chi connectivity index (χ1n) is 11.0. The van der Waals surface area contributed by atoms with Crippen LogP contribution in [0.1, 0.15) is 52.1 Å². The summed E-state index contributed by atoms with van der Waals surface area (Å²) in [5.41, 5.74) is 2.78. The van der Waals surface area contributed by atoms with Gasteiger partial charge in [-0.1, -0.05) is 42.8 Å². The van der Waals surface area contributed by atoms with Crippen molar-refractivity contribution in [2.75, 3.05) is 10.0 Å². The predicted molar refractivity (Wildman–Crippen MR) is 135 cm³/mol. The minimum atomic E-state index is -3.92. The number of hydrogen-bond acceptors (Lipinski definition) is 4. The number of carbonyl (C=O) groups excluding carboxylic acids is 2. The maximum Gasteiger partial charge on any atom is 0.262 e. The van der Waals surface area contributed by atoms with Gasteiger partial charge >= 0.3 is 0 Å². The molecule has 3 N–H and O–H groups in total. The molecule has 3 aromatic rings. The Morgan fingerprint density at radius 1 is 0.912 bits per heavy atom. The van der Waals surface area contributed by atoms with Crippen LogP contribution in [0.2, 0.25) is 0 Å². The van der Waals surface area contributed by atoms with Gasteiger partial charge in [-0.05, 0) is 69.2 Å². The number of para-hydroxylation sites is 1. The highest BCUT2D eigenvalue weighted by molar-refractivity contribution is 7.92. The van der Waals surface area contributed by atoms with Crippen molar-refractivity contribution in [3.05, 3.63) is 89.0 Å². The second-order valence-electron chi connectivity index (χ2n) is 8.23. The fourth-order valence-electron chi connectivity index (χ4n) is 3.25. The van der Waals surface area contributed by atoms with E-state index >= 15 is 0 Å². The third kappa shape index (κ3) is 6.02. The number of sulfonamides is 1. The molecule has 178 valence electrons. The second kappa shape index (κ2) is 10.5. The normalized spacial score (nSPS) is 12.0. The van der Waals surface area contributed by atoms with E-state index in [2.05, 4.69) is 15.4 Å². The summed E-state index contributed by atoms with van der Waals surface area (Å²) >= 11 is 0. The molecule has 0 heterocycles. The molecule has 1 atom stereocenters. The largest absolute Gasteiger partial charge is 0.350 e. The van der Waals surface area contributed by atoms with Crippen LogP contribution in [0.5, 0.6) is 0 Å². The van der Waals surface area contributed by atoms with Gasteiger partial charge in [-0.3, -0.25) is 14.3 Å². The Morgan fingerprint density at radius 2 is 1.59 bits per heavy atom. The molecular weight excluding hydrogens is 450 g/mol. The Bertz CT molecular complexity index is 1300. The summed E-state index contributed by atoms with van der Waals surface area (Å²) in [6, 6.07) is 18.1. The Labute approximate surface area is 200 Å². The van der Waals surface area contributed by atoms with Crippen LogP contribution in [0.3, 0.4) is 0 Å². The molecule has 7 nitrogen and oxygen atoms in total. The first kappa shape index (κ1) is 25.0. The molecule has 2 amide bonds. The number of amides is 2. The van der Waals surface area contributed by atoms with Crippen LogP contribution in [0.15, 0.2) is 71.6 Å². The van der Waals surface area contributed by atoms with E-state index in [1.807, 2.05) is 32.9 Å². The van der Waals surface area contributed by atoms with Crippen LogP contribution in [0.25, 0.3) is 0 Å². The number of hydrogen-bond donors (Lipinski definition) is 3. The average molecular weight is 480 g/mol. The summed E-state index contributed by atoms with van der Waals surface area (Å²) in [4.78, 5) is 25.6. The van der Waals surface area contributed by atoms with Gasteiger partial charge in [0.05, 0.1) is 16.1 Å². The molecule has 0 bridgehead atoms. The van der Waals surface area contributed by atoms with Crippen LogP contribution in [-0.4, -0.2) is 26.3 Å². The van der Waals surface area contributed by atoms with Crippen LogP contribution in [0.4, 0.5) is 11.4 Å². The zero-order chi connectivity index (χ0) is 24.9. The molecule has 34 heavy (non-hydrogen) atoms. The molecule has 0 aromatic heterocycles. The highest BCUT2D eigenvalue weighted by Crippen LogP contribution is 2.23. The Hall–Kier alpha value is -3.65. The molecule has 0 saturated heterocycles. The molecule has 0 radical (unpaired) electrons. The Kier molecular flexibility index (Phi) is 7.73. The summed E-state index contributed by atoms with van der Waals surface area (Å²) in [6.07, 6.45) is 0.775. The van der Waals surface area contributed by atoms with Gasteiger partial charge in [0.25, 0.3) is 21.8 Å². The summed E-state index contributed by atoms with van der Waals surface area (Å²) in [7, 11) is -3.92. The highest BCUT2D eigenvalue weighted by atomic mass is 32.2. The maximum atomic E-state index is 13.0. The van der Waals surface area contributed by atoms with Crippen molar-refractivity contribution in [2.24, 2.45) is 0 Å². The summed E-state index contributed by atoms with van der Waals surface area (Å²) in [6.45, 7) is 7.45. The maximum absolute atomic E-state index is 13.0. The summed E-state index contributed by atoms with van der Waals surface area (Å²) < 4.78 is 28.6. The molecule has 3 aromatic carbocycles. The number of anilines is 2. The Balaban J connectivity index is 1.86. The topological polar surface area (TPSA) is 104 Å². The van der Waals surface area contributed by atoms with Crippen molar-refractivity contribution in [3.63, 3.8) is 0 Å². The van der Waals surface area contributed by atoms with E-state index < -0.39 is 15.9 Å². The standard InChI is InChI=1S/C26H29N3O4S/c1-5-19(4)27-26(31)22-8-6-7-9-23(22)28-25(30)20-13-12-18(3)24(16-20)34(32,33)29-21-14-10-17(2)11-15-21/h6-16,19,29H,5H2,1-4H3,(H,27,31)(H,28,30)/t19-/m0/s1. The van der Waals surface area contributed by atoms with Crippen LogP contribution >= 0.6 is 0 Å². The smallest absolute Gasteiger partial charge is 0.262 e. The molecule has 0 spiro atoms. The van der Waals surface area contributed by atoms with E-state index in [-0.39, 0.29) is 22.4 Å². The predicted octanol–water partition coefficient (Wildman–Crippen LogP) is 4.88. The first-order chi connectivity index (χ1) is 16.1. The third-order valence-electron chi connectivity index (χ3n) is 5.45. The molecule has 3 rings (SSSR count). The lowest BCUT2D eigenvalue weighted by molar-refractivity contribution is 0.0940. The van der Waals surface area contributed by atoms with Crippen molar-refractivity contribution in [2.45, 2.75) is 45.1 Å². The van der Waals surface area contributed by atoms with E-state index in [4.69, 9.17) is 0 Å². The van der Waals surface area contributed by atoms with Gasteiger partial charge in [-0.15, -0.1) is 0 Å². The van der Waals surface area contributed by atoms with Gasteiger partial charge in [-0.25, -0.2) is 8.42 Å². The lowest BCUT2D eigenvalue weighted by atomic mass is 10.1. The average Bonchev–Trinajstić information content (AvgIpc) is 2.80. The number of benzene rings is 3. The van der Waals surface area contributed by atoms with E-state index in [1.165, 1.54) is 6.07 Å². The van der Waals surface area contributed by atoms with Crippen molar-refractivity contribution < 1.29 is 18.0 Å². The van der Waals surface area contributed by atoms with E-state index in [1.54, 1.807) is 55.5 Å². The number of carbonyl (C=O) groups is 2. The van der Waals surface area contributed by atoms with Crippen molar-refractivity contribution in [1.29, 1.82) is 0 Å². The van der Waals surface area contributed by atoms with E-state index in [9.17, 15) is 18.0 Å². The van der Waals surface area contributed by atoms with Crippen molar-refractivity contribution in [1.82, 2.24) is 5.32 Å². The number of rotatable bonds is 8. The van der Waals surface area contributed by atoms with Crippen molar-refractivity contribution in [3.8, 4) is 0 Å². The van der Waals surface area contributed by atoms with Crippen LogP contribution in [0, 0.1) is 13.8 Å². The molecular formula is C26H29N3O4S. The van der Waals surface area contributed by atoms with Crippen molar-refractivity contribution >= 4 is 33.2 Å². The van der Waals surface area contributed by atoms with Gasteiger partial charge in [0.15, 0.2) is 0 Å². The van der Waals surface area contributed by atoms with Gasteiger partial charge in [0, 0.05) is 17.3 Å². The van der Waals surface area contributed by atoms with Crippen LogP contribution < -0.4 is 15.4 Å². The number of aryl methyl sites for hydroxylation is 2. The van der Waals surface area contributed by atoms with E-state index in [0.717, 1.165) is 12.0 Å². The van der Waals surface area contributed by atoms with Gasteiger partial charge in [0.2, 0.25) is 0 Å². The lowest BCUT2D eigenvalue weighted by Gasteiger charge is -2.15. The molecule has 0 unspecified atom stereocenters. The first-order valence-corrected chi connectivity index (χ1v) is 12.5. The highest BCUT2D eigenvalue weighted by Gasteiger charge is 2.21. The summed E-state index contributed by atoms with van der Waals surface area (Å²) in [5.74, 6) is -0.810. The fraction of sp³-hybridized carbons (Fsp3) is 0.231. The SMILES string of the molecule is CC[C@H](C)NC(=O)c1ccccc1NC(=O)c1ccc(C)c(S(=O)(=O)Nc2ccc(C)cc2)c1. The van der Waals surface area contributed by atoms with Gasteiger partial charge < -0.3 is 10.6 Å². The van der Waals surface area contributed by atoms with Crippen LogP contribution in [-0.2, 0) is 10.0 Å². The monoisotopic (exact) mass is 479 g/mol. The zero-order valence-electron chi connectivity index (χ0n) is 19.7. The number of nitrogens with one attached hydrogen (secondary N) is 3. The quantitative estimate of drug-likeness (QED) is 0.428. The molecule has 0 saturated carbocycles. The Morgan fingerprint density at radius 3 is 2.26 bits per heavy atom.